The van der Waals surface area contributed by atoms with Crippen molar-refractivity contribution in [1.82, 2.24) is 10.2 Å². The summed E-state index contributed by atoms with van der Waals surface area (Å²) in [5, 5.41) is 18.2. The standard InChI is InChI=1S/C19H15N3O3S/c1-2-22(18(23)19(24)25)13-7-12-10-20-21-17(12)14(9-13)16-8-11-5-3-4-6-15(11)26-16/h3-10H,2H2,1H3,(H,20,21)(H,24,25). The number of rotatable bonds is 3. The fourth-order valence-electron chi connectivity index (χ4n) is 3.07. The molecule has 0 fully saturated rings. The number of hydrogen-bond donors (Lipinski definition) is 2. The van der Waals surface area contributed by atoms with E-state index in [0.29, 0.717) is 5.69 Å². The Labute approximate surface area is 152 Å². The average molecular weight is 365 g/mol. The van der Waals surface area contributed by atoms with Crippen LogP contribution in [-0.2, 0) is 9.59 Å². The quantitative estimate of drug-likeness (QED) is 0.540. The summed E-state index contributed by atoms with van der Waals surface area (Å²) in [6.45, 7) is 2.01. The molecule has 2 heterocycles. The van der Waals surface area contributed by atoms with E-state index < -0.39 is 11.9 Å². The molecule has 2 aromatic heterocycles. The summed E-state index contributed by atoms with van der Waals surface area (Å²) in [7, 11) is 0. The van der Waals surface area contributed by atoms with Crippen LogP contribution in [0.15, 0.2) is 48.7 Å². The fourth-order valence-corrected chi connectivity index (χ4v) is 4.15. The number of anilines is 1. The van der Waals surface area contributed by atoms with Gasteiger partial charge in [0.25, 0.3) is 0 Å². The topological polar surface area (TPSA) is 86.3 Å². The van der Waals surface area contributed by atoms with Crippen molar-refractivity contribution in [3.8, 4) is 10.4 Å². The molecule has 130 valence electrons. The van der Waals surface area contributed by atoms with Crippen LogP contribution in [-0.4, -0.2) is 33.7 Å². The number of carbonyl (C=O) groups is 2. The van der Waals surface area contributed by atoms with Gasteiger partial charge in [-0.1, -0.05) is 18.2 Å². The molecule has 4 aromatic rings. The Kier molecular flexibility index (Phi) is 3.93. The molecule has 2 N–H and O–H groups in total. The van der Waals surface area contributed by atoms with E-state index in [4.69, 9.17) is 5.11 Å². The molecule has 2 aromatic carbocycles. The predicted octanol–water partition coefficient (Wildman–Crippen LogP) is 3.88. The normalized spacial score (nSPS) is 11.1. The van der Waals surface area contributed by atoms with Crippen LogP contribution in [0.25, 0.3) is 31.4 Å². The molecule has 0 saturated heterocycles. The minimum absolute atomic E-state index is 0.264. The SMILES string of the molecule is CCN(C(=O)C(=O)O)c1cc(-c2cc3ccccc3s2)c2[nH]ncc2c1. The number of aliphatic carboxylic acids is 1. The zero-order valence-electron chi connectivity index (χ0n) is 13.9. The summed E-state index contributed by atoms with van der Waals surface area (Å²) in [4.78, 5) is 25.5. The number of aromatic amines is 1. The lowest BCUT2D eigenvalue weighted by Crippen LogP contribution is -2.36. The third-order valence-electron chi connectivity index (χ3n) is 4.28. The number of carbonyl (C=O) groups excluding carboxylic acids is 1. The van der Waals surface area contributed by atoms with E-state index in [1.54, 1.807) is 30.5 Å². The van der Waals surface area contributed by atoms with Gasteiger partial charge in [0.2, 0.25) is 0 Å². The van der Waals surface area contributed by atoms with Gasteiger partial charge in [0.1, 0.15) is 0 Å². The number of aromatic nitrogens is 2. The zero-order valence-corrected chi connectivity index (χ0v) is 14.7. The Hall–Kier alpha value is -3.19. The molecule has 0 aliphatic carbocycles. The van der Waals surface area contributed by atoms with Gasteiger partial charge in [-0.05, 0) is 36.6 Å². The fraction of sp³-hybridized carbons (Fsp3) is 0.105. The number of nitrogens with one attached hydrogen (secondary N) is 1. The molecule has 0 atom stereocenters. The summed E-state index contributed by atoms with van der Waals surface area (Å²) < 4.78 is 1.16. The Bertz CT molecular complexity index is 1110. The summed E-state index contributed by atoms with van der Waals surface area (Å²) in [5.41, 5.74) is 2.30. The number of benzene rings is 2. The largest absolute Gasteiger partial charge is 0.474 e. The molecule has 0 unspecified atom stereocenters. The van der Waals surface area contributed by atoms with Gasteiger partial charge < -0.3 is 10.0 Å². The van der Waals surface area contributed by atoms with Crippen LogP contribution in [0.4, 0.5) is 5.69 Å². The molecule has 1 amide bonds. The average Bonchev–Trinajstić information content (AvgIpc) is 3.27. The second kappa shape index (κ2) is 6.27. The van der Waals surface area contributed by atoms with Crippen molar-refractivity contribution in [2.24, 2.45) is 0 Å². The first-order valence-corrected chi connectivity index (χ1v) is 8.91. The Morgan fingerprint density at radius 1 is 1.19 bits per heavy atom. The van der Waals surface area contributed by atoms with E-state index in [9.17, 15) is 9.59 Å². The number of hydrogen-bond acceptors (Lipinski definition) is 4. The molecule has 26 heavy (non-hydrogen) atoms. The highest BCUT2D eigenvalue weighted by atomic mass is 32.1. The molecule has 0 aliphatic heterocycles. The van der Waals surface area contributed by atoms with E-state index in [0.717, 1.165) is 31.4 Å². The maximum absolute atomic E-state index is 12.0. The van der Waals surface area contributed by atoms with Crippen LogP contribution in [0.3, 0.4) is 0 Å². The van der Waals surface area contributed by atoms with Gasteiger partial charge in [-0.25, -0.2) is 4.79 Å². The maximum Gasteiger partial charge on any atom is 0.394 e. The van der Waals surface area contributed by atoms with Gasteiger partial charge in [0.15, 0.2) is 0 Å². The van der Waals surface area contributed by atoms with Crippen molar-refractivity contribution >= 4 is 49.9 Å². The third kappa shape index (κ3) is 2.62. The minimum Gasteiger partial charge on any atom is -0.474 e. The Morgan fingerprint density at radius 3 is 2.73 bits per heavy atom. The van der Waals surface area contributed by atoms with Crippen molar-refractivity contribution in [3.05, 3.63) is 48.7 Å². The number of fused-ring (bicyclic) bond motifs is 2. The molecular weight excluding hydrogens is 350 g/mol. The lowest BCUT2D eigenvalue weighted by Gasteiger charge is -2.19. The van der Waals surface area contributed by atoms with E-state index in [-0.39, 0.29) is 6.54 Å². The number of carboxylic acids is 1. The van der Waals surface area contributed by atoms with Crippen molar-refractivity contribution < 1.29 is 14.7 Å². The van der Waals surface area contributed by atoms with Crippen LogP contribution in [0.1, 0.15) is 6.92 Å². The maximum atomic E-state index is 12.0. The summed E-state index contributed by atoms with van der Waals surface area (Å²) in [5.74, 6) is -2.42. The highest BCUT2D eigenvalue weighted by molar-refractivity contribution is 7.22. The molecular formula is C19H15N3O3S. The zero-order chi connectivity index (χ0) is 18.3. The predicted molar refractivity (Wildman–Crippen MR) is 103 cm³/mol. The molecule has 0 radical (unpaired) electrons. The smallest absolute Gasteiger partial charge is 0.394 e. The summed E-state index contributed by atoms with van der Waals surface area (Å²) in [6.07, 6.45) is 1.68. The Morgan fingerprint density at radius 2 is 2.00 bits per heavy atom. The first-order chi connectivity index (χ1) is 12.6. The van der Waals surface area contributed by atoms with Crippen LogP contribution < -0.4 is 4.90 Å². The number of thiophene rings is 1. The number of H-pyrrole nitrogens is 1. The van der Waals surface area contributed by atoms with Crippen molar-refractivity contribution in [3.63, 3.8) is 0 Å². The van der Waals surface area contributed by atoms with Gasteiger partial charge in [-0.15, -0.1) is 11.3 Å². The monoisotopic (exact) mass is 365 g/mol. The first-order valence-electron chi connectivity index (χ1n) is 8.09. The van der Waals surface area contributed by atoms with E-state index in [1.165, 1.54) is 4.90 Å². The number of likely N-dealkylation sites (N-methyl/N-ethyl adjacent to an activating group) is 1. The summed E-state index contributed by atoms with van der Waals surface area (Å²) in [6, 6.07) is 13.8. The molecule has 0 saturated carbocycles. The van der Waals surface area contributed by atoms with Gasteiger partial charge in [-0.3, -0.25) is 9.89 Å². The van der Waals surface area contributed by atoms with Crippen molar-refractivity contribution in [2.45, 2.75) is 6.92 Å². The number of amides is 1. The highest BCUT2D eigenvalue weighted by Gasteiger charge is 2.23. The van der Waals surface area contributed by atoms with Gasteiger partial charge in [0.05, 0.1) is 11.7 Å². The molecule has 0 spiro atoms. The van der Waals surface area contributed by atoms with Gasteiger partial charge >= 0.3 is 11.9 Å². The molecule has 4 rings (SSSR count). The van der Waals surface area contributed by atoms with Crippen LogP contribution in [0.5, 0.6) is 0 Å². The lowest BCUT2D eigenvalue weighted by atomic mass is 10.1. The second-order valence-electron chi connectivity index (χ2n) is 5.83. The molecule has 6 nitrogen and oxygen atoms in total. The highest BCUT2D eigenvalue weighted by Crippen LogP contribution is 2.38. The third-order valence-corrected chi connectivity index (χ3v) is 5.43. The van der Waals surface area contributed by atoms with Crippen molar-refractivity contribution in [1.29, 1.82) is 0 Å². The Balaban J connectivity index is 1.92. The van der Waals surface area contributed by atoms with Crippen LogP contribution in [0, 0.1) is 0 Å². The summed E-state index contributed by atoms with van der Waals surface area (Å²) >= 11 is 1.64. The molecule has 0 aliphatic rings. The van der Waals surface area contributed by atoms with Crippen LogP contribution >= 0.6 is 11.3 Å². The van der Waals surface area contributed by atoms with E-state index in [1.807, 2.05) is 18.2 Å². The number of carboxylic acid groups (broad SMARTS) is 1. The first kappa shape index (κ1) is 16.3. The van der Waals surface area contributed by atoms with E-state index in [2.05, 4.69) is 28.4 Å². The molecule has 7 heteroatoms. The van der Waals surface area contributed by atoms with Crippen LogP contribution in [0.2, 0.25) is 0 Å². The lowest BCUT2D eigenvalue weighted by molar-refractivity contribution is -0.148. The second-order valence-corrected chi connectivity index (χ2v) is 6.91. The van der Waals surface area contributed by atoms with Crippen molar-refractivity contribution in [2.75, 3.05) is 11.4 Å². The minimum atomic E-state index is -1.47. The van der Waals surface area contributed by atoms with Gasteiger partial charge in [-0.2, -0.15) is 5.10 Å². The molecule has 0 bridgehead atoms. The van der Waals surface area contributed by atoms with E-state index >= 15 is 0 Å². The van der Waals surface area contributed by atoms with Gasteiger partial charge in [0, 0.05) is 32.8 Å². The number of nitrogens with zero attached hydrogens (tertiary/aromatic N) is 2.